The number of imidazole rings is 1. The fourth-order valence-electron chi connectivity index (χ4n) is 5.92. The van der Waals surface area contributed by atoms with Crippen LogP contribution < -0.4 is 5.32 Å². The molecule has 1 aliphatic heterocycles. The lowest BCUT2D eigenvalue weighted by Gasteiger charge is -2.27. The van der Waals surface area contributed by atoms with Crippen molar-refractivity contribution in [2.75, 3.05) is 18.5 Å². The number of rotatable bonds is 7. The van der Waals surface area contributed by atoms with Gasteiger partial charge in [-0.25, -0.2) is 4.98 Å². The van der Waals surface area contributed by atoms with Gasteiger partial charge in [0.05, 0.1) is 0 Å². The highest BCUT2D eigenvalue weighted by atomic mass is 16.5. The zero-order valence-corrected chi connectivity index (χ0v) is 20.6. The molecule has 0 bridgehead atoms. The first-order chi connectivity index (χ1) is 17.2. The first-order valence-electron chi connectivity index (χ1n) is 13.3. The lowest BCUT2D eigenvalue weighted by molar-refractivity contribution is 0.263. The third-order valence-electron chi connectivity index (χ3n) is 8.34. The summed E-state index contributed by atoms with van der Waals surface area (Å²) >= 11 is 0. The van der Waals surface area contributed by atoms with E-state index in [1.165, 1.54) is 56.1 Å². The summed E-state index contributed by atoms with van der Waals surface area (Å²) in [6.07, 6.45) is 17.4. The fourth-order valence-corrected chi connectivity index (χ4v) is 5.92. The quantitative estimate of drug-likeness (QED) is 0.554. The Morgan fingerprint density at radius 1 is 1.11 bits per heavy atom. The highest BCUT2D eigenvalue weighted by Crippen LogP contribution is 2.39. The molecule has 3 heterocycles. The van der Waals surface area contributed by atoms with Crippen LogP contribution in [0.1, 0.15) is 76.4 Å². The molecule has 2 aromatic rings. The van der Waals surface area contributed by atoms with Crippen molar-refractivity contribution in [3.05, 3.63) is 41.0 Å². The van der Waals surface area contributed by atoms with Gasteiger partial charge >= 0.3 is 0 Å². The normalized spacial score (nSPS) is 24.1. The van der Waals surface area contributed by atoms with Crippen LogP contribution in [0.15, 0.2) is 29.4 Å². The number of hydrogen-bond donors (Lipinski definition) is 1. The van der Waals surface area contributed by atoms with Crippen LogP contribution >= 0.6 is 0 Å². The van der Waals surface area contributed by atoms with Crippen molar-refractivity contribution in [1.29, 1.82) is 5.26 Å². The Balaban J connectivity index is 1.43. The third-order valence-corrected chi connectivity index (χ3v) is 8.34. The predicted octanol–water partition coefficient (Wildman–Crippen LogP) is 5.75. The van der Waals surface area contributed by atoms with Gasteiger partial charge in [-0.05, 0) is 49.0 Å². The van der Waals surface area contributed by atoms with Crippen molar-refractivity contribution in [3.8, 4) is 6.07 Å². The first kappa shape index (κ1) is 22.3. The molecule has 0 radical (unpaired) electrons. The lowest BCUT2D eigenvalue weighted by atomic mass is 9.83. The van der Waals surface area contributed by atoms with E-state index < -0.39 is 0 Å². The Labute approximate surface area is 207 Å². The fraction of sp³-hybridized carbons (Fsp3) is 0.571. The van der Waals surface area contributed by atoms with Crippen LogP contribution in [0.2, 0.25) is 0 Å². The maximum atomic E-state index is 9.62. The Bertz CT molecular complexity index is 1250. The highest BCUT2D eigenvalue weighted by molar-refractivity contribution is 5.87. The number of nitrogens with one attached hydrogen (secondary N) is 1. The molecule has 0 amide bonds. The van der Waals surface area contributed by atoms with E-state index >= 15 is 0 Å². The molecule has 182 valence electrons. The van der Waals surface area contributed by atoms with Crippen molar-refractivity contribution >= 4 is 22.7 Å². The Hall–Kier alpha value is -3.14. The molecule has 3 aliphatic carbocycles. The zero-order chi connectivity index (χ0) is 23.8. The second kappa shape index (κ2) is 9.49. The van der Waals surface area contributed by atoms with Gasteiger partial charge in [0.25, 0.3) is 0 Å². The summed E-state index contributed by atoms with van der Waals surface area (Å²) in [5.74, 6) is 4.80. The molecule has 0 spiro atoms. The second-order valence-electron chi connectivity index (χ2n) is 10.8. The molecule has 0 saturated heterocycles. The number of fused-ring (bicyclic) bond motifs is 2. The third kappa shape index (κ3) is 4.35. The average Bonchev–Trinajstić information content (AvgIpc) is 3.43. The van der Waals surface area contributed by atoms with Crippen molar-refractivity contribution in [3.63, 3.8) is 0 Å². The van der Waals surface area contributed by atoms with Gasteiger partial charge in [0.15, 0.2) is 23.0 Å². The summed E-state index contributed by atoms with van der Waals surface area (Å²) in [5.41, 5.74) is 3.94. The predicted molar refractivity (Wildman–Crippen MR) is 136 cm³/mol. The van der Waals surface area contributed by atoms with Crippen LogP contribution in [-0.2, 0) is 11.3 Å². The number of nitriles is 1. The first-order valence-corrected chi connectivity index (χ1v) is 13.3. The van der Waals surface area contributed by atoms with Crippen LogP contribution in [-0.4, -0.2) is 32.7 Å². The minimum atomic E-state index is 0.164. The van der Waals surface area contributed by atoms with Crippen LogP contribution in [0.5, 0.6) is 0 Å². The molecule has 0 unspecified atom stereocenters. The van der Waals surface area contributed by atoms with Crippen LogP contribution in [0.3, 0.4) is 0 Å². The summed E-state index contributed by atoms with van der Waals surface area (Å²) in [7, 11) is 0. The van der Waals surface area contributed by atoms with Gasteiger partial charge in [-0.2, -0.15) is 15.2 Å². The minimum Gasteiger partial charge on any atom is -0.485 e. The molecule has 6 rings (SSSR count). The molecule has 2 aromatic heterocycles. The van der Waals surface area contributed by atoms with Crippen molar-refractivity contribution in [2.24, 2.45) is 17.8 Å². The smallest absolute Gasteiger partial charge is 0.236 e. The van der Waals surface area contributed by atoms with E-state index in [0.717, 1.165) is 60.7 Å². The Morgan fingerprint density at radius 3 is 2.74 bits per heavy atom. The molecule has 2 fully saturated rings. The number of nitrogens with zero attached hydrogens (tertiary/aromatic N) is 5. The minimum absolute atomic E-state index is 0.164. The monoisotopic (exact) mass is 470 g/mol. The van der Waals surface area contributed by atoms with Gasteiger partial charge in [0.1, 0.15) is 18.2 Å². The molecular weight excluding hydrogens is 436 g/mol. The largest absolute Gasteiger partial charge is 0.485 e. The Morgan fingerprint density at radius 2 is 1.97 bits per heavy atom. The van der Waals surface area contributed by atoms with Crippen molar-refractivity contribution < 1.29 is 4.74 Å². The van der Waals surface area contributed by atoms with Crippen LogP contribution in [0.25, 0.3) is 16.9 Å². The van der Waals surface area contributed by atoms with Crippen molar-refractivity contribution in [2.45, 2.75) is 71.3 Å². The molecule has 0 aromatic carbocycles. The Kier molecular flexibility index (Phi) is 6.05. The van der Waals surface area contributed by atoms with E-state index in [2.05, 4.69) is 51.1 Å². The van der Waals surface area contributed by atoms with E-state index in [-0.39, 0.29) is 5.82 Å². The van der Waals surface area contributed by atoms with Gasteiger partial charge in [0.2, 0.25) is 5.82 Å². The molecule has 1 N–H and O–H groups in total. The lowest BCUT2D eigenvalue weighted by Crippen LogP contribution is -2.20. The van der Waals surface area contributed by atoms with Crippen molar-refractivity contribution in [1.82, 2.24) is 19.5 Å². The number of ether oxygens (including phenoxy) is 1. The molecule has 0 atom stereocenters. The molecule has 4 aliphatic rings. The highest BCUT2D eigenvalue weighted by Gasteiger charge is 2.31. The topological polar surface area (TPSA) is 88.7 Å². The van der Waals surface area contributed by atoms with Gasteiger partial charge in [-0.15, -0.1) is 0 Å². The molecule has 2 saturated carbocycles. The number of hydrogen-bond acceptors (Lipinski definition) is 6. The number of allylic oxidation sites excluding steroid dienone is 3. The summed E-state index contributed by atoms with van der Waals surface area (Å²) in [6.45, 7) is 4.67. The SMILES string of the molecule is C[C@H]1CC[C@H](Cn2c(C3=C4CC=CC=C4CO3)nc3nc(C#N)nc(NCCC4CCC4)c32)CC1. The van der Waals surface area contributed by atoms with Crippen LogP contribution in [0, 0.1) is 29.1 Å². The second-order valence-corrected chi connectivity index (χ2v) is 10.8. The summed E-state index contributed by atoms with van der Waals surface area (Å²) in [4.78, 5) is 14.2. The van der Waals surface area contributed by atoms with E-state index in [1.807, 2.05) is 0 Å². The van der Waals surface area contributed by atoms with Gasteiger partial charge in [-0.1, -0.05) is 57.3 Å². The van der Waals surface area contributed by atoms with E-state index in [1.54, 1.807) is 0 Å². The average molecular weight is 471 g/mol. The maximum Gasteiger partial charge on any atom is 0.236 e. The van der Waals surface area contributed by atoms with Crippen LogP contribution in [0.4, 0.5) is 5.82 Å². The summed E-state index contributed by atoms with van der Waals surface area (Å²) in [6, 6.07) is 2.14. The van der Waals surface area contributed by atoms with Gasteiger partial charge in [-0.3, -0.25) is 0 Å². The van der Waals surface area contributed by atoms with E-state index in [0.29, 0.717) is 18.2 Å². The zero-order valence-electron chi connectivity index (χ0n) is 20.6. The number of anilines is 1. The molecule has 35 heavy (non-hydrogen) atoms. The molecule has 7 nitrogen and oxygen atoms in total. The summed E-state index contributed by atoms with van der Waals surface area (Å²) < 4.78 is 8.55. The standard InChI is InChI=1S/C28H34N6O/c1-18-9-11-20(12-10-18)16-34-24-26(30-14-13-19-5-4-6-19)31-23(15-29)32-27(24)33-28(34)25-22-8-3-2-7-21(22)17-35-25/h2-3,7,18-20H,4-6,8-14,16-17H2,1H3,(H,30,31,32)/t18-,20-. The molecule has 7 heteroatoms. The summed E-state index contributed by atoms with van der Waals surface area (Å²) in [5, 5.41) is 13.2. The number of aromatic nitrogens is 4. The van der Waals surface area contributed by atoms with E-state index in [9.17, 15) is 5.26 Å². The van der Waals surface area contributed by atoms with Gasteiger partial charge in [0, 0.05) is 18.7 Å². The van der Waals surface area contributed by atoms with E-state index in [4.69, 9.17) is 9.72 Å². The maximum absolute atomic E-state index is 9.62. The van der Waals surface area contributed by atoms with Gasteiger partial charge < -0.3 is 14.6 Å². The molecular formula is C28H34N6O.